The molecular weight excluding hydrogens is 531 g/mol. The molecule has 0 amide bonds. The maximum Gasteiger partial charge on any atom is 0.387 e. The van der Waals surface area contributed by atoms with E-state index in [1.807, 2.05) is 24.3 Å². The molecule has 3 aliphatic heterocycles. The molecule has 40 heavy (non-hydrogen) atoms. The number of hydrogen-bond acceptors (Lipinski definition) is 5. The summed E-state index contributed by atoms with van der Waals surface area (Å²) in [5.41, 5.74) is 1.27. The highest BCUT2D eigenvalue weighted by atomic mass is 19.3. The number of ether oxygens (including phenoxy) is 2. The molecule has 0 bridgehead atoms. The number of likely N-dealkylation sites (tertiary alicyclic amines) is 1. The first-order chi connectivity index (χ1) is 19.2. The normalized spacial score (nSPS) is 20.9. The molecule has 11 heteroatoms. The van der Waals surface area contributed by atoms with E-state index in [1.165, 1.54) is 12.1 Å². The lowest BCUT2D eigenvalue weighted by Gasteiger charge is -2.45. The molecule has 1 atom stereocenters. The number of halogens is 5. The minimum atomic E-state index is -3.21. The molecule has 0 spiro atoms. The van der Waals surface area contributed by atoms with Crippen molar-refractivity contribution in [2.24, 2.45) is 0 Å². The van der Waals surface area contributed by atoms with Crippen molar-refractivity contribution in [3.63, 3.8) is 0 Å². The number of fused-ring (bicyclic) bond motifs is 3. The zero-order chi connectivity index (χ0) is 28.0. The van der Waals surface area contributed by atoms with Gasteiger partial charge in [0.2, 0.25) is 0 Å². The summed E-state index contributed by atoms with van der Waals surface area (Å²) >= 11 is 0. The summed E-state index contributed by atoms with van der Waals surface area (Å²) in [4.78, 5) is 7.03. The predicted molar refractivity (Wildman–Crippen MR) is 142 cm³/mol. The van der Waals surface area contributed by atoms with E-state index in [0.29, 0.717) is 49.6 Å². The Balaban J connectivity index is 1.40. The SMILES string of the molecule is C=C1Cc2c([nH]c3ccccc23)[C@@H](c2c(F)cc(NC3CN(CCCF)C3)cc2OC(F)F)N1CC1(F)COC1. The second-order valence-corrected chi connectivity index (χ2v) is 10.9. The van der Waals surface area contributed by atoms with Crippen molar-refractivity contribution in [2.45, 2.75) is 37.2 Å². The topological polar surface area (TPSA) is 52.8 Å². The van der Waals surface area contributed by atoms with Crippen LogP contribution in [0.2, 0.25) is 0 Å². The molecule has 214 valence electrons. The third-order valence-electron chi connectivity index (χ3n) is 7.91. The van der Waals surface area contributed by atoms with Gasteiger partial charge in [-0.3, -0.25) is 9.29 Å². The standard InChI is InChI=1S/C29H31F5N4O2/c1-17-9-21-20-5-2-3-6-23(20)36-26(21)27(38(17)14-29(34)15-39-16-29)25-22(31)10-18(11-24(25)40-28(32)33)35-19-12-37(13-19)8-4-7-30/h2-3,5-6,10-11,19,27-28,35-36H,1,4,7-9,12-16H2/t27-/m1/s1. The van der Waals surface area contributed by atoms with Crippen LogP contribution < -0.4 is 10.1 Å². The molecule has 3 aromatic rings. The van der Waals surface area contributed by atoms with Gasteiger partial charge in [-0.25, -0.2) is 8.78 Å². The third-order valence-corrected chi connectivity index (χ3v) is 7.91. The molecule has 0 radical (unpaired) electrons. The first kappa shape index (κ1) is 26.9. The highest BCUT2D eigenvalue weighted by Crippen LogP contribution is 2.47. The number of H-pyrrole nitrogens is 1. The van der Waals surface area contributed by atoms with Gasteiger partial charge in [0.05, 0.1) is 38.0 Å². The average Bonchev–Trinajstić information content (AvgIpc) is 3.23. The fourth-order valence-corrected chi connectivity index (χ4v) is 6.01. The maximum absolute atomic E-state index is 16.1. The van der Waals surface area contributed by atoms with Crippen molar-refractivity contribution >= 4 is 16.6 Å². The molecule has 0 saturated carbocycles. The number of benzene rings is 2. The summed E-state index contributed by atoms with van der Waals surface area (Å²) in [6.07, 6.45) is 0.827. The molecule has 2 saturated heterocycles. The molecule has 0 unspecified atom stereocenters. The van der Waals surface area contributed by atoms with Crippen LogP contribution in [0.3, 0.4) is 0 Å². The molecule has 2 aromatic carbocycles. The van der Waals surface area contributed by atoms with Gasteiger partial charge in [-0.05, 0) is 24.1 Å². The van der Waals surface area contributed by atoms with E-state index < -0.39 is 30.8 Å². The summed E-state index contributed by atoms with van der Waals surface area (Å²) in [5, 5.41) is 4.08. The Labute approximate surface area is 228 Å². The van der Waals surface area contributed by atoms with Crippen LogP contribution in [-0.4, -0.2) is 79.2 Å². The Bertz CT molecular complexity index is 1400. The fraction of sp³-hybridized carbons (Fsp3) is 0.448. The van der Waals surface area contributed by atoms with Gasteiger partial charge >= 0.3 is 6.61 Å². The van der Waals surface area contributed by atoms with Crippen molar-refractivity contribution in [3.8, 4) is 5.75 Å². The zero-order valence-corrected chi connectivity index (χ0v) is 21.9. The van der Waals surface area contributed by atoms with Crippen LogP contribution >= 0.6 is 0 Å². The van der Waals surface area contributed by atoms with Crippen LogP contribution in [0, 0.1) is 5.82 Å². The Morgan fingerprint density at radius 1 is 1.20 bits per heavy atom. The van der Waals surface area contributed by atoms with E-state index in [1.54, 1.807) is 4.90 Å². The second-order valence-electron chi connectivity index (χ2n) is 10.9. The number of alkyl halides is 4. The minimum absolute atomic E-state index is 0.0412. The fourth-order valence-electron chi connectivity index (χ4n) is 6.01. The largest absolute Gasteiger partial charge is 0.434 e. The monoisotopic (exact) mass is 562 g/mol. The number of para-hydroxylation sites is 1. The summed E-state index contributed by atoms with van der Waals surface area (Å²) in [6.45, 7) is 2.09. The minimum Gasteiger partial charge on any atom is -0.434 e. The van der Waals surface area contributed by atoms with Gasteiger partial charge in [0.25, 0.3) is 0 Å². The van der Waals surface area contributed by atoms with Crippen molar-refractivity contribution in [2.75, 3.05) is 51.4 Å². The summed E-state index contributed by atoms with van der Waals surface area (Å²) in [6, 6.07) is 9.14. The lowest BCUT2D eigenvalue weighted by Crippen LogP contribution is -2.55. The van der Waals surface area contributed by atoms with Crippen molar-refractivity contribution in [3.05, 3.63) is 71.3 Å². The molecule has 3 aliphatic rings. The van der Waals surface area contributed by atoms with Crippen molar-refractivity contribution < 1.29 is 31.4 Å². The Morgan fingerprint density at radius 2 is 1.98 bits per heavy atom. The molecule has 6 nitrogen and oxygen atoms in total. The van der Waals surface area contributed by atoms with Crippen LogP contribution in [0.15, 0.2) is 48.7 Å². The number of allylic oxidation sites excluding steroid dienone is 1. The number of anilines is 1. The van der Waals surface area contributed by atoms with E-state index in [0.717, 1.165) is 16.5 Å². The van der Waals surface area contributed by atoms with Crippen LogP contribution in [0.25, 0.3) is 10.9 Å². The Hall–Kier alpha value is -3.31. The van der Waals surface area contributed by atoms with E-state index in [2.05, 4.69) is 21.8 Å². The average molecular weight is 563 g/mol. The van der Waals surface area contributed by atoms with E-state index in [9.17, 15) is 13.2 Å². The van der Waals surface area contributed by atoms with Crippen LogP contribution in [0.5, 0.6) is 5.75 Å². The number of nitrogens with zero attached hydrogens (tertiary/aromatic N) is 2. The van der Waals surface area contributed by atoms with Crippen molar-refractivity contribution in [1.29, 1.82) is 0 Å². The lowest BCUT2D eigenvalue weighted by atomic mass is 9.88. The Kier molecular flexibility index (Phi) is 7.12. The van der Waals surface area contributed by atoms with E-state index >= 15 is 8.78 Å². The van der Waals surface area contributed by atoms with Crippen LogP contribution in [0.4, 0.5) is 27.6 Å². The molecule has 1 aromatic heterocycles. The highest BCUT2D eigenvalue weighted by molar-refractivity contribution is 5.86. The first-order valence-electron chi connectivity index (χ1n) is 13.4. The zero-order valence-electron chi connectivity index (χ0n) is 21.9. The Morgan fingerprint density at radius 3 is 2.67 bits per heavy atom. The lowest BCUT2D eigenvalue weighted by molar-refractivity contribution is -0.141. The van der Waals surface area contributed by atoms with Gasteiger partial charge in [-0.15, -0.1) is 0 Å². The summed E-state index contributed by atoms with van der Waals surface area (Å²) < 4.78 is 81.4. The molecule has 6 rings (SSSR count). The van der Waals surface area contributed by atoms with Gasteiger partial charge < -0.3 is 24.7 Å². The van der Waals surface area contributed by atoms with Crippen LogP contribution in [-0.2, 0) is 11.2 Å². The second kappa shape index (κ2) is 10.6. The number of rotatable bonds is 10. The molecule has 2 fully saturated rings. The van der Waals surface area contributed by atoms with E-state index in [-0.39, 0.29) is 37.1 Å². The van der Waals surface area contributed by atoms with Gasteiger partial charge in [-0.2, -0.15) is 8.78 Å². The molecule has 2 N–H and O–H groups in total. The first-order valence-corrected chi connectivity index (χ1v) is 13.4. The van der Waals surface area contributed by atoms with Gasteiger partial charge in [0, 0.05) is 60.1 Å². The van der Waals surface area contributed by atoms with Gasteiger partial charge in [-0.1, -0.05) is 24.8 Å². The number of nitrogens with one attached hydrogen (secondary N) is 2. The van der Waals surface area contributed by atoms with Gasteiger partial charge in [0.1, 0.15) is 17.6 Å². The summed E-state index contributed by atoms with van der Waals surface area (Å²) in [5.74, 6) is -1.10. The van der Waals surface area contributed by atoms with Crippen LogP contribution in [0.1, 0.15) is 29.3 Å². The van der Waals surface area contributed by atoms with Gasteiger partial charge in [0.15, 0.2) is 5.67 Å². The highest BCUT2D eigenvalue weighted by Gasteiger charge is 2.46. The summed E-state index contributed by atoms with van der Waals surface area (Å²) in [7, 11) is 0. The number of hydrogen-bond donors (Lipinski definition) is 2. The quantitative estimate of drug-likeness (QED) is 0.317. The number of aromatic amines is 1. The molecule has 0 aliphatic carbocycles. The molecular formula is C29H31F5N4O2. The molecule has 4 heterocycles. The third kappa shape index (κ3) is 5.01. The predicted octanol–water partition coefficient (Wildman–Crippen LogP) is 5.56. The maximum atomic E-state index is 16.1. The smallest absolute Gasteiger partial charge is 0.387 e. The van der Waals surface area contributed by atoms with E-state index in [4.69, 9.17) is 9.47 Å². The van der Waals surface area contributed by atoms with Crippen molar-refractivity contribution in [1.82, 2.24) is 14.8 Å². The number of aromatic nitrogens is 1.